The Morgan fingerprint density at radius 3 is 2.00 bits per heavy atom. The first-order chi connectivity index (χ1) is 14.6. The van der Waals surface area contributed by atoms with Crippen LogP contribution < -0.4 is 0 Å². The van der Waals surface area contributed by atoms with Crippen molar-refractivity contribution in [2.24, 2.45) is 5.92 Å². The summed E-state index contributed by atoms with van der Waals surface area (Å²) in [6, 6.07) is 0. The van der Waals surface area contributed by atoms with Gasteiger partial charge >= 0.3 is 5.97 Å². The van der Waals surface area contributed by atoms with Gasteiger partial charge in [-0.05, 0) is 49.7 Å². The number of ether oxygens (including phenoxy) is 1. The second kappa shape index (κ2) is 18.1. The Balaban J connectivity index is 4.04. The second-order valence-corrected chi connectivity index (χ2v) is 15.6. The smallest absolute Gasteiger partial charge is 0.305 e. The zero-order chi connectivity index (χ0) is 23.6. The summed E-state index contributed by atoms with van der Waals surface area (Å²) in [7, 11) is -1.77. The molecular formula is C26H54O4Si. The fourth-order valence-corrected chi connectivity index (χ4v) is 4.48. The van der Waals surface area contributed by atoms with Crippen molar-refractivity contribution < 1.29 is 19.1 Å². The molecule has 0 aromatic rings. The fraction of sp³-hybridized carbons (Fsp3) is 0.962. The Kier molecular flexibility index (Phi) is 17.9. The molecule has 4 nitrogen and oxygen atoms in total. The normalized spacial score (nSPS) is 13.4. The molecule has 0 amide bonds. The van der Waals surface area contributed by atoms with Gasteiger partial charge in [0.2, 0.25) is 0 Å². The lowest BCUT2D eigenvalue weighted by atomic mass is 10.00. The van der Waals surface area contributed by atoms with Crippen molar-refractivity contribution >= 4 is 14.3 Å². The van der Waals surface area contributed by atoms with E-state index in [1.165, 1.54) is 44.9 Å². The van der Waals surface area contributed by atoms with Crippen LogP contribution in [0.15, 0.2) is 0 Å². The minimum Gasteiger partial charge on any atom is -0.466 e. The number of aliphatic hydroxyl groups excluding tert-OH is 1. The molecule has 0 aromatic heterocycles. The molecular weight excluding hydrogens is 404 g/mol. The molecule has 0 aliphatic rings. The van der Waals surface area contributed by atoms with E-state index in [9.17, 15) is 4.79 Å². The largest absolute Gasteiger partial charge is 0.466 e. The number of carbonyl (C=O) groups is 1. The maximum atomic E-state index is 12.1. The van der Waals surface area contributed by atoms with Crippen molar-refractivity contribution in [1.82, 2.24) is 0 Å². The number of aliphatic hydroxyl groups is 1. The molecule has 0 saturated carbocycles. The lowest BCUT2D eigenvalue weighted by Crippen LogP contribution is -2.42. The van der Waals surface area contributed by atoms with Crippen LogP contribution in [-0.2, 0) is 14.0 Å². The van der Waals surface area contributed by atoms with Gasteiger partial charge in [0.1, 0.15) is 0 Å². The van der Waals surface area contributed by atoms with Crippen molar-refractivity contribution in [2.45, 2.75) is 136 Å². The Hall–Kier alpha value is -0.393. The average molecular weight is 459 g/mol. The molecule has 0 fully saturated rings. The molecule has 31 heavy (non-hydrogen) atoms. The number of hydrogen-bond acceptors (Lipinski definition) is 4. The van der Waals surface area contributed by atoms with Crippen LogP contribution in [-0.4, -0.2) is 39.2 Å². The number of hydrogen-bond donors (Lipinski definition) is 1. The van der Waals surface area contributed by atoms with E-state index in [0.29, 0.717) is 18.9 Å². The number of rotatable bonds is 20. The van der Waals surface area contributed by atoms with E-state index in [1.54, 1.807) is 0 Å². The number of carbonyl (C=O) groups excluding carboxylic acids is 1. The van der Waals surface area contributed by atoms with Crippen LogP contribution in [0.4, 0.5) is 0 Å². The summed E-state index contributed by atoms with van der Waals surface area (Å²) in [6.07, 6.45) is 15.6. The first-order valence-electron chi connectivity index (χ1n) is 13.0. The van der Waals surface area contributed by atoms with Crippen molar-refractivity contribution in [3.8, 4) is 0 Å². The van der Waals surface area contributed by atoms with Crippen molar-refractivity contribution in [1.29, 1.82) is 0 Å². The van der Waals surface area contributed by atoms with E-state index in [-0.39, 0.29) is 17.6 Å². The highest BCUT2D eigenvalue weighted by atomic mass is 28.4. The molecule has 0 aliphatic heterocycles. The van der Waals surface area contributed by atoms with Gasteiger partial charge in [-0.15, -0.1) is 0 Å². The Bertz CT molecular complexity index is 432. The van der Waals surface area contributed by atoms with Crippen molar-refractivity contribution in [3.05, 3.63) is 0 Å². The van der Waals surface area contributed by atoms with Gasteiger partial charge in [0.25, 0.3) is 0 Å². The van der Waals surface area contributed by atoms with Crippen molar-refractivity contribution in [3.63, 3.8) is 0 Å². The molecule has 0 radical (unpaired) electrons. The van der Waals surface area contributed by atoms with Crippen LogP contribution in [0, 0.1) is 5.92 Å². The minimum atomic E-state index is -1.77. The molecule has 0 saturated heterocycles. The molecule has 0 heterocycles. The molecule has 1 unspecified atom stereocenters. The van der Waals surface area contributed by atoms with Crippen LogP contribution in [0.25, 0.3) is 0 Å². The fourth-order valence-electron chi connectivity index (χ4n) is 3.39. The summed E-state index contributed by atoms with van der Waals surface area (Å²) < 4.78 is 11.9. The van der Waals surface area contributed by atoms with Gasteiger partial charge in [-0.1, -0.05) is 85.5 Å². The van der Waals surface area contributed by atoms with E-state index in [0.717, 1.165) is 45.1 Å². The third-order valence-electron chi connectivity index (χ3n) is 6.78. The molecule has 0 aromatic carbocycles. The van der Waals surface area contributed by atoms with Crippen LogP contribution in [0.5, 0.6) is 0 Å². The van der Waals surface area contributed by atoms with Gasteiger partial charge in [-0.2, -0.15) is 0 Å². The Morgan fingerprint density at radius 1 is 0.871 bits per heavy atom. The highest BCUT2D eigenvalue weighted by Gasteiger charge is 2.37. The SMILES string of the molecule is CCCCCCCCCCCC(=O)OCCC(CCCCO)CO[Si](C)(C)C(C)(C)C. The molecule has 1 N–H and O–H groups in total. The predicted octanol–water partition coefficient (Wildman–Crippen LogP) is 7.64. The Morgan fingerprint density at radius 2 is 1.45 bits per heavy atom. The van der Waals surface area contributed by atoms with E-state index in [2.05, 4.69) is 40.8 Å². The molecule has 0 bridgehead atoms. The van der Waals surface area contributed by atoms with Crippen LogP contribution in [0.2, 0.25) is 18.1 Å². The van der Waals surface area contributed by atoms with Gasteiger partial charge in [0.05, 0.1) is 6.61 Å². The summed E-state index contributed by atoms with van der Waals surface area (Å²) in [5.41, 5.74) is 0. The molecule has 1 atom stereocenters. The number of unbranched alkanes of at least 4 members (excludes halogenated alkanes) is 9. The van der Waals surface area contributed by atoms with Gasteiger partial charge in [-0.3, -0.25) is 4.79 Å². The first kappa shape index (κ1) is 30.6. The van der Waals surface area contributed by atoms with E-state index in [4.69, 9.17) is 14.3 Å². The number of esters is 1. The van der Waals surface area contributed by atoms with Crippen molar-refractivity contribution in [2.75, 3.05) is 19.8 Å². The van der Waals surface area contributed by atoms with Crippen LogP contribution in [0.1, 0.15) is 118 Å². The van der Waals surface area contributed by atoms with E-state index in [1.807, 2.05) is 0 Å². The molecule has 0 rings (SSSR count). The highest BCUT2D eigenvalue weighted by molar-refractivity contribution is 6.74. The maximum absolute atomic E-state index is 12.1. The predicted molar refractivity (Wildman–Crippen MR) is 135 cm³/mol. The van der Waals surface area contributed by atoms with E-state index < -0.39 is 8.32 Å². The lowest BCUT2D eigenvalue weighted by molar-refractivity contribution is -0.144. The van der Waals surface area contributed by atoms with Crippen LogP contribution in [0.3, 0.4) is 0 Å². The minimum absolute atomic E-state index is 0.0534. The standard InChI is InChI=1S/C26H54O4Si/c1-7-8-9-10-11-12-13-14-15-19-25(28)29-22-20-24(18-16-17-21-27)23-30-31(5,6)26(2,3)4/h24,27H,7-23H2,1-6H3. The lowest BCUT2D eigenvalue weighted by Gasteiger charge is -2.37. The van der Waals surface area contributed by atoms with Gasteiger partial charge in [0, 0.05) is 19.6 Å². The zero-order valence-corrected chi connectivity index (χ0v) is 22.8. The van der Waals surface area contributed by atoms with Gasteiger partial charge < -0.3 is 14.3 Å². The third-order valence-corrected chi connectivity index (χ3v) is 11.3. The van der Waals surface area contributed by atoms with Gasteiger partial charge in [0.15, 0.2) is 8.32 Å². The second-order valence-electron chi connectivity index (χ2n) is 10.7. The third kappa shape index (κ3) is 16.8. The monoisotopic (exact) mass is 458 g/mol. The molecule has 5 heteroatoms. The average Bonchev–Trinajstić information content (AvgIpc) is 2.69. The summed E-state index contributed by atoms with van der Waals surface area (Å²) in [5.74, 6) is 0.337. The van der Waals surface area contributed by atoms with E-state index >= 15 is 0 Å². The zero-order valence-electron chi connectivity index (χ0n) is 21.8. The highest BCUT2D eigenvalue weighted by Crippen LogP contribution is 2.37. The Labute approximate surface area is 195 Å². The summed E-state index contributed by atoms with van der Waals surface area (Å²) in [5, 5.41) is 9.28. The summed E-state index contributed by atoms with van der Waals surface area (Å²) >= 11 is 0. The van der Waals surface area contributed by atoms with Crippen LogP contribution >= 0.6 is 0 Å². The molecule has 0 spiro atoms. The summed E-state index contributed by atoms with van der Waals surface area (Å²) in [4.78, 5) is 12.1. The summed E-state index contributed by atoms with van der Waals surface area (Å²) in [6.45, 7) is 15.0. The van der Waals surface area contributed by atoms with Gasteiger partial charge in [-0.25, -0.2) is 0 Å². The quantitative estimate of drug-likeness (QED) is 0.116. The maximum Gasteiger partial charge on any atom is 0.305 e. The molecule has 0 aliphatic carbocycles. The topological polar surface area (TPSA) is 55.8 Å². The molecule has 186 valence electrons. The first-order valence-corrected chi connectivity index (χ1v) is 15.9.